The molecule has 1 aliphatic heterocycles. The fraction of sp³-hybridized carbons (Fsp3) is 0.842. The number of alkyl carbamates (subject to hydrolysis) is 2. The monoisotopic (exact) mass is 385 g/mol. The van der Waals surface area contributed by atoms with Gasteiger partial charge in [-0.05, 0) is 67.7 Å². The van der Waals surface area contributed by atoms with Crippen LogP contribution in [0.4, 0.5) is 9.59 Å². The van der Waals surface area contributed by atoms with Gasteiger partial charge >= 0.3 is 12.2 Å². The van der Waals surface area contributed by atoms with Crippen molar-refractivity contribution in [2.75, 3.05) is 13.1 Å². The molecule has 0 aromatic heterocycles. The Kier molecular flexibility index (Phi) is 7.92. The topological polar surface area (TPSA) is 97.0 Å². The minimum Gasteiger partial charge on any atom is -0.444 e. The van der Waals surface area contributed by atoms with Gasteiger partial charge in [-0.15, -0.1) is 0 Å². The lowest BCUT2D eigenvalue weighted by Gasteiger charge is -2.37. The van der Waals surface area contributed by atoms with Crippen LogP contribution in [0.15, 0.2) is 0 Å². The summed E-state index contributed by atoms with van der Waals surface area (Å²) < 4.78 is 10.4. The molecule has 0 spiro atoms. The molecule has 0 bridgehead atoms. The second-order valence-corrected chi connectivity index (χ2v) is 8.93. The molecule has 0 saturated carbocycles. The van der Waals surface area contributed by atoms with Crippen LogP contribution in [0, 0.1) is 0 Å². The molecule has 156 valence electrons. The zero-order valence-electron chi connectivity index (χ0n) is 17.7. The highest BCUT2D eigenvalue weighted by Crippen LogP contribution is 2.18. The fourth-order valence-electron chi connectivity index (χ4n) is 2.81. The number of hydrogen-bond donors (Lipinski definition) is 2. The maximum absolute atomic E-state index is 12.8. The van der Waals surface area contributed by atoms with Crippen molar-refractivity contribution in [3.8, 4) is 0 Å². The van der Waals surface area contributed by atoms with Crippen molar-refractivity contribution in [1.82, 2.24) is 15.5 Å². The van der Waals surface area contributed by atoms with Gasteiger partial charge < -0.3 is 25.0 Å². The lowest BCUT2D eigenvalue weighted by atomic mass is 10.0. The maximum atomic E-state index is 12.8. The van der Waals surface area contributed by atoms with Crippen LogP contribution < -0.4 is 10.6 Å². The Morgan fingerprint density at radius 1 is 1.00 bits per heavy atom. The van der Waals surface area contributed by atoms with E-state index in [0.717, 1.165) is 19.3 Å². The predicted molar refractivity (Wildman–Crippen MR) is 102 cm³/mol. The zero-order valence-corrected chi connectivity index (χ0v) is 17.7. The van der Waals surface area contributed by atoms with Crippen LogP contribution in [0.5, 0.6) is 0 Å². The number of hydrogen-bond acceptors (Lipinski definition) is 5. The van der Waals surface area contributed by atoms with Gasteiger partial charge in [0.05, 0.1) is 0 Å². The van der Waals surface area contributed by atoms with Crippen molar-refractivity contribution in [3.63, 3.8) is 0 Å². The third-order valence-electron chi connectivity index (χ3n) is 3.89. The molecule has 8 nitrogen and oxygen atoms in total. The Bertz CT molecular complexity index is 536. The first kappa shape index (κ1) is 23.0. The summed E-state index contributed by atoms with van der Waals surface area (Å²) in [4.78, 5) is 38.3. The molecule has 2 unspecified atom stereocenters. The average Bonchev–Trinajstić information content (AvgIpc) is 2.48. The van der Waals surface area contributed by atoms with Gasteiger partial charge in [0.15, 0.2) is 0 Å². The number of nitrogens with one attached hydrogen (secondary N) is 2. The average molecular weight is 386 g/mol. The highest BCUT2D eigenvalue weighted by atomic mass is 16.6. The summed E-state index contributed by atoms with van der Waals surface area (Å²) in [6, 6.07) is -0.830. The molecule has 1 aliphatic rings. The Labute approximate surface area is 162 Å². The maximum Gasteiger partial charge on any atom is 0.408 e. The molecule has 8 heteroatoms. The van der Waals surface area contributed by atoms with Crippen molar-refractivity contribution in [3.05, 3.63) is 0 Å². The highest BCUT2D eigenvalue weighted by molar-refractivity contribution is 5.85. The predicted octanol–water partition coefficient (Wildman–Crippen LogP) is 2.81. The first-order valence-corrected chi connectivity index (χ1v) is 9.55. The van der Waals surface area contributed by atoms with Crippen molar-refractivity contribution in [1.29, 1.82) is 0 Å². The number of likely N-dealkylation sites (tertiary alicyclic amines) is 1. The minimum absolute atomic E-state index is 0.123. The van der Waals surface area contributed by atoms with Crippen molar-refractivity contribution < 1.29 is 23.9 Å². The number of amides is 3. The molecular formula is C19H35N3O5. The van der Waals surface area contributed by atoms with Crippen molar-refractivity contribution >= 4 is 18.1 Å². The molecule has 3 amide bonds. The molecule has 0 aromatic carbocycles. The second kappa shape index (κ2) is 9.28. The zero-order chi connectivity index (χ0) is 20.8. The lowest BCUT2D eigenvalue weighted by molar-refractivity contribution is -0.136. The highest BCUT2D eigenvalue weighted by Gasteiger charge is 2.31. The summed E-state index contributed by atoms with van der Waals surface area (Å²) in [6.45, 7) is 13.2. The fourth-order valence-corrected chi connectivity index (χ4v) is 2.81. The smallest absolute Gasteiger partial charge is 0.408 e. The van der Waals surface area contributed by atoms with Gasteiger partial charge in [0.1, 0.15) is 17.2 Å². The molecule has 0 aromatic rings. The molecule has 2 N–H and O–H groups in total. The Balaban J connectivity index is 2.61. The SMILES string of the molecule is CC(NC(=O)OC(C)(C)C)C(=O)N1CCCCC1CNC(=O)OC(C)(C)C. The van der Waals surface area contributed by atoms with Crippen LogP contribution in [-0.2, 0) is 14.3 Å². The van der Waals surface area contributed by atoms with Crippen molar-refractivity contribution in [2.24, 2.45) is 0 Å². The number of piperidine rings is 1. The van der Waals surface area contributed by atoms with Crippen LogP contribution in [0.3, 0.4) is 0 Å². The molecule has 1 fully saturated rings. The van der Waals surface area contributed by atoms with E-state index < -0.39 is 29.4 Å². The normalized spacial score (nSPS) is 19.1. The van der Waals surface area contributed by atoms with E-state index in [0.29, 0.717) is 13.1 Å². The summed E-state index contributed by atoms with van der Waals surface area (Å²) in [7, 11) is 0. The van der Waals surface area contributed by atoms with E-state index in [2.05, 4.69) is 10.6 Å². The first-order chi connectivity index (χ1) is 12.3. The molecule has 27 heavy (non-hydrogen) atoms. The van der Waals surface area contributed by atoms with Crippen LogP contribution >= 0.6 is 0 Å². The summed E-state index contributed by atoms with van der Waals surface area (Å²) in [5.41, 5.74) is -1.20. The van der Waals surface area contributed by atoms with E-state index in [4.69, 9.17) is 9.47 Å². The summed E-state index contributed by atoms with van der Waals surface area (Å²) in [6.07, 6.45) is 1.55. The third kappa shape index (κ3) is 8.97. The van der Waals surface area contributed by atoms with Gasteiger partial charge in [-0.1, -0.05) is 0 Å². The van der Waals surface area contributed by atoms with Crippen LogP contribution in [-0.4, -0.2) is 59.4 Å². The quantitative estimate of drug-likeness (QED) is 0.776. The number of carbonyl (C=O) groups excluding carboxylic acids is 3. The van der Waals surface area contributed by atoms with Gasteiger partial charge in [0.25, 0.3) is 0 Å². The van der Waals surface area contributed by atoms with E-state index in [1.54, 1.807) is 53.4 Å². The Morgan fingerprint density at radius 2 is 1.56 bits per heavy atom. The van der Waals surface area contributed by atoms with Crippen LogP contribution in [0.1, 0.15) is 67.7 Å². The molecule has 1 saturated heterocycles. The third-order valence-corrected chi connectivity index (χ3v) is 3.89. The van der Waals surface area contributed by atoms with Crippen molar-refractivity contribution in [2.45, 2.75) is 91.0 Å². The number of carbonyl (C=O) groups is 3. The van der Waals surface area contributed by atoms with Crippen LogP contribution in [0.25, 0.3) is 0 Å². The Morgan fingerprint density at radius 3 is 2.11 bits per heavy atom. The first-order valence-electron chi connectivity index (χ1n) is 9.55. The summed E-state index contributed by atoms with van der Waals surface area (Å²) in [5.74, 6) is -0.184. The van der Waals surface area contributed by atoms with Gasteiger partial charge in [-0.25, -0.2) is 9.59 Å². The van der Waals surface area contributed by atoms with E-state index in [1.165, 1.54) is 0 Å². The minimum atomic E-state index is -0.707. The van der Waals surface area contributed by atoms with E-state index in [-0.39, 0.29) is 11.9 Å². The summed E-state index contributed by atoms with van der Waals surface area (Å²) in [5, 5.41) is 5.32. The van der Waals surface area contributed by atoms with E-state index in [9.17, 15) is 14.4 Å². The molecule has 0 aliphatic carbocycles. The van der Waals surface area contributed by atoms with Gasteiger partial charge in [-0.2, -0.15) is 0 Å². The van der Waals surface area contributed by atoms with Gasteiger partial charge in [0, 0.05) is 19.1 Å². The largest absolute Gasteiger partial charge is 0.444 e. The number of ether oxygens (including phenoxy) is 2. The van der Waals surface area contributed by atoms with E-state index in [1.807, 2.05) is 0 Å². The van der Waals surface area contributed by atoms with E-state index >= 15 is 0 Å². The van der Waals surface area contributed by atoms with Gasteiger partial charge in [-0.3, -0.25) is 4.79 Å². The molecule has 2 atom stereocenters. The number of rotatable bonds is 4. The standard InChI is InChI=1S/C19H35N3O5/c1-13(21-17(25)27-19(5,6)7)15(23)22-11-9-8-10-14(22)12-20-16(24)26-18(2,3)4/h13-14H,8-12H2,1-7H3,(H,20,24)(H,21,25). The van der Waals surface area contributed by atoms with Crippen LogP contribution in [0.2, 0.25) is 0 Å². The van der Waals surface area contributed by atoms with Gasteiger partial charge in [0.2, 0.25) is 5.91 Å². The molecule has 1 heterocycles. The second-order valence-electron chi connectivity index (χ2n) is 8.93. The lowest BCUT2D eigenvalue weighted by Crippen LogP contribution is -2.55. The Hall–Kier alpha value is -1.99. The number of nitrogens with zero attached hydrogens (tertiary/aromatic N) is 1. The molecule has 0 radical (unpaired) electrons. The molecular weight excluding hydrogens is 350 g/mol. The summed E-state index contributed by atoms with van der Waals surface area (Å²) >= 11 is 0. The molecule has 1 rings (SSSR count).